The Bertz CT molecular complexity index is 376. The largest absolute Gasteiger partial charge is 0.308 e. The number of hydrogen-bond donors (Lipinski definition) is 1. The Morgan fingerprint density at radius 1 is 1.25 bits per heavy atom. The summed E-state index contributed by atoms with van der Waals surface area (Å²) in [6.07, 6.45) is 2.81. The molecule has 1 N–H and O–H groups in total. The summed E-state index contributed by atoms with van der Waals surface area (Å²) in [7, 11) is 0. The first-order chi connectivity index (χ1) is 7.84. The molecule has 16 heavy (non-hydrogen) atoms. The quantitative estimate of drug-likeness (QED) is 0.896. The maximum atomic E-state index is 3.65. The van der Waals surface area contributed by atoms with Gasteiger partial charge in [0.05, 0.1) is 0 Å². The summed E-state index contributed by atoms with van der Waals surface area (Å²) in [5.41, 5.74) is 1.40. The summed E-state index contributed by atoms with van der Waals surface area (Å²) in [5, 5.41) is 3.62. The highest BCUT2D eigenvalue weighted by Gasteiger charge is 2.33. The van der Waals surface area contributed by atoms with E-state index in [2.05, 4.69) is 50.4 Å². The van der Waals surface area contributed by atoms with Gasteiger partial charge in [-0.05, 0) is 24.5 Å². The maximum absolute atomic E-state index is 3.65. The number of nitrogens with one attached hydrogen (secondary N) is 1. The molecule has 1 saturated carbocycles. The van der Waals surface area contributed by atoms with Gasteiger partial charge in [0.1, 0.15) is 0 Å². The molecule has 1 atom stereocenters. The third-order valence-electron chi connectivity index (χ3n) is 3.55. The van der Waals surface area contributed by atoms with Gasteiger partial charge in [-0.2, -0.15) is 0 Å². The van der Waals surface area contributed by atoms with Gasteiger partial charge in [-0.1, -0.05) is 34.1 Å². The van der Waals surface area contributed by atoms with Crippen molar-refractivity contribution in [1.29, 1.82) is 0 Å². The molecule has 1 aliphatic heterocycles. The Balaban J connectivity index is 1.76. The minimum atomic E-state index is 0.491. The normalized spacial score (nSPS) is 26.9. The van der Waals surface area contributed by atoms with Crippen LogP contribution in [0.4, 0.5) is 0 Å². The van der Waals surface area contributed by atoms with Crippen LogP contribution in [0, 0.1) is 0 Å². The highest BCUT2D eigenvalue weighted by atomic mass is 79.9. The van der Waals surface area contributed by atoms with Gasteiger partial charge in [0.25, 0.3) is 0 Å². The van der Waals surface area contributed by atoms with Gasteiger partial charge in [-0.25, -0.2) is 0 Å². The van der Waals surface area contributed by atoms with Crippen LogP contribution in [0.5, 0.6) is 0 Å². The van der Waals surface area contributed by atoms with Crippen LogP contribution in [-0.2, 0) is 0 Å². The fraction of sp³-hybridized carbons (Fsp3) is 0.538. The van der Waals surface area contributed by atoms with Crippen molar-refractivity contribution in [3.63, 3.8) is 0 Å². The number of hydrogen-bond acceptors (Lipinski definition) is 2. The molecular weight excluding hydrogens is 264 g/mol. The van der Waals surface area contributed by atoms with Crippen LogP contribution in [-0.4, -0.2) is 30.6 Å². The lowest BCUT2D eigenvalue weighted by Gasteiger charge is -2.34. The topological polar surface area (TPSA) is 15.3 Å². The van der Waals surface area contributed by atoms with Gasteiger partial charge in [-0.15, -0.1) is 0 Å². The zero-order chi connectivity index (χ0) is 11.0. The molecule has 2 nitrogen and oxygen atoms in total. The Labute approximate surface area is 105 Å². The van der Waals surface area contributed by atoms with Crippen molar-refractivity contribution in [1.82, 2.24) is 10.2 Å². The van der Waals surface area contributed by atoms with Crippen molar-refractivity contribution < 1.29 is 0 Å². The first-order valence-corrected chi connectivity index (χ1v) is 6.86. The number of rotatable bonds is 2. The van der Waals surface area contributed by atoms with Crippen molar-refractivity contribution in [2.45, 2.75) is 24.9 Å². The van der Waals surface area contributed by atoms with Gasteiger partial charge >= 0.3 is 0 Å². The fourth-order valence-electron chi connectivity index (χ4n) is 2.51. The summed E-state index contributed by atoms with van der Waals surface area (Å²) >= 11 is 3.65. The van der Waals surface area contributed by atoms with E-state index in [9.17, 15) is 0 Å². The van der Waals surface area contributed by atoms with Crippen molar-refractivity contribution in [3.8, 4) is 0 Å². The minimum Gasteiger partial charge on any atom is -0.308 e. The molecule has 1 heterocycles. The third kappa shape index (κ3) is 2.17. The standard InChI is InChI=1S/C13H17BrN2/c14-12-4-2-1-3-11(12)13-9-16(8-7-15-13)10-5-6-10/h1-4,10,13,15H,5-9H2/t13-/m1/s1. The number of halogens is 1. The smallest absolute Gasteiger partial charge is 0.0461 e. The highest BCUT2D eigenvalue weighted by Crippen LogP contribution is 2.31. The molecule has 3 heteroatoms. The molecule has 3 rings (SSSR count). The molecule has 1 aromatic carbocycles. The van der Waals surface area contributed by atoms with Crippen LogP contribution in [0.2, 0.25) is 0 Å². The summed E-state index contributed by atoms with van der Waals surface area (Å²) in [6.45, 7) is 3.49. The fourth-order valence-corrected chi connectivity index (χ4v) is 3.07. The second-order valence-electron chi connectivity index (χ2n) is 4.75. The van der Waals surface area contributed by atoms with E-state index < -0.39 is 0 Å². The van der Waals surface area contributed by atoms with Crippen LogP contribution < -0.4 is 5.32 Å². The first-order valence-electron chi connectivity index (χ1n) is 6.06. The van der Waals surface area contributed by atoms with E-state index in [0.717, 1.165) is 19.1 Å². The van der Waals surface area contributed by atoms with Gasteiger partial charge in [0.2, 0.25) is 0 Å². The molecule has 2 fully saturated rings. The van der Waals surface area contributed by atoms with Crippen LogP contribution in [0.15, 0.2) is 28.7 Å². The number of piperazine rings is 1. The molecule has 0 amide bonds. The van der Waals surface area contributed by atoms with Crippen molar-refractivity contribution >= 4 is 15.9 Å². The van der Waals surface area contributed by atoms with E-state index in [-0.39, 0.29) is 0 Å². The van der Waals surface area contributed by atoms with Crippen LogP contribution in [0.1, 0.15) is 24.4 Å². The molecule has 2 aliphatic rings. The Hall–Kier alpha value is -0.380. The van der Waals surface area contributed by atoms with E-state index in [1.807, 2.05) is 0 Å². The second kappa shape index (κ2) is 4.47. The average molecular weight is 281 g/mol. The van der Waals surface area contributed by atoms with E-state index in [1.165, 1.54) is 29.4 Å². The summed E-state index contributed by atoms with van der Waals surface area (Å²) in [6, 6.07) is 9.93. The molecule has 1 aromatic rings. The van der Waals surface area contributed by atoms with Crippen LogP contribution in [0.3, 0.4) is 0 Å². The molecular formula is C13H17BrN2. The minimum absolute atomic E-state index is 0.491. The molecule has 0 unspecified atom stereocenters. The third-order valence-corrected chi connectivity index (χ3v) is 4.27. The molecule has 1 aliphatic carbocycles. The van der Waals surface area contributed by atoms with Crippen molar-refractivity contribution in [2.24, 2.45) is 0 Å². The van der Waals surface area contributed by atoms with E-state index >= 15 is 0 Å². The lowest BCUT2D eigenvalue weighted by molar-refractivity contribution is 0.192. The SMILES string of the molecule is Brc1ccccc1[C@H]1CN(C2CC2)CCN1. The van der Waals surface area contributed by atoms with Gasteiger partial charge < -0.3 is 5.32 Å². The van der Waals surface area contributed by atoms with Crippen LogP contribution >= 0.6 is 15.9 Å². The second-order valence-corrected chi connectivity index (χ2v) is 5.61. The molecule has 0 aromatic heterocycles. The average Bonchev–Trinajstić information content (AvgIpc) is 3.14. The Morgan fingerprint density at radius 3 is 2.81 bits per heavy atom. The highest BCUT2D eigenvalue weighted by molar-refractivity contribution is 9.10. The zero-order valence-electron chi connectivity index (χ0n) is 9.32. The molecule has 0 bridgehead atoms. The van der Waals surface area contributed by atoms with E-state index in [4.69, 9.17) is 0 Å². The Kier molecular flexibility index (Phi) is 3.01. The van der Waals surface area contributed by atoms with E-state index in [1.54, 1.807) is 0 Å². The van der Waals surface area contributed by atoms with Crippen LogP contribution in [0.25, 0.3) is 0 Å². The number of benzene rings is 1. The first kappa shape index (κ1) is 10.8. The zero-order valence-corrected chi connectivity index (χ0v) is 10.9. The molecule has 86 valence electrons. The number of nitrogens with zero attached hydrogens (tertiary/aromatic N) is 1. The van der Waals surface area contributed by atoms with Gasteiger partial charge in [0.15, 0.2) is 0 Å². The van der Waals surface area contributed by atoms with Gasteiger partial charge in [0, 0.05) is 36.2 Å². The van der Waals surface area contributed by atoms with E-state index in [0.29, 0.717) is 6.04 Å². The Morgan fingerprint density at radius 2 is 2.06 bits per heavy atom. The maximum Gasteiger partial charge on any atom is 0.0461 e. The van der Waals surface area contributed by atoms with Gasteiger partial charge in [-0.3, -0.25) is 4.90 Å². The molecule has 0 spiro atoms. The summed E-state index contributed by atoms with van der Waals surface area (Å²) in [5.74, 6) is 0. The molecule has 1 saturated heterocycles. The van der Waals surface area contributed by atoms with Crippen molar-refractivity contribution in [3.05, 3.63) is 34.3 Å². The molecule has 0 radical (unpaired) electrons. The lowest BCUT2D eigenvalue weighted by atomic mass is 10.0. The monoisotopic (exact) mass is 280 g/mol. The summed E-state index contributed by atoms with van der Waals surface area (Å²) in [4.78, 5) is 2.64. The predicted molar refractivity (Wildman–Crippen MR) is 69.5 cm³/mol. The lowest BCUT2D eigenvalue weighted by Crippen LogP contribution is -2.46. The summed E-state index contributed by atoms with van der Waals surface area (Å²) < 4.78 is 1.23. The predicted octanol–water partition coefficient (Wildman–Crippen LogP) is 2.56. The van der Waals surface area contributed by atoms with Crippen molar-refractivity contribution in [2.75, 3.05) is 19.6 Å².